The standard InChI is InChI=1S/C16H25N5S/c17-15(22)21-16(20-14-8-2-1-3-9-14)19-12-6-10-13-7-4-5-11-18-13/h4-5,7,11,14H,1-3,6,8-10,12H2,(H4,17,19,20,21,22). The molecule has 0 unspecified atom stereocenters. The second-order valence-corrected chi connectivity index (χ2v) is 6.06. The molecule has 4 N–H and O–H groups in total. The number of aliphatic imine (C=N–C) groups is 1. The molecule has 22 heavy (non-hydrogen) atoms. The second kappa shape index (κ2) is 9.35. The number of nitrogens with zero attached hydrogens (tertiary/aromatic N) is 2. The van der Waals surface area contributed by atoms with Crippen LogP contribution in [-0.2, 0) is 6.42 Å². The first-order chi connectivity index (χ1) is 10.7. The number of thiocarbonyl (C=S) groups is 1. The Balaban J connectivity index is 1.80. The van der Waals surface area contributed by atoms with Gasteiger partial charge in [-0.15, -0.1) is 0 Å². The lowest BCUT2D eigenvalue weighted by molar-refractivity contribution is 0.411. The predicted molar refractivity (Wildman–Crippen MR) is 94.8 cm³/mol. The van der Waals surface area contributed by atoms with Gasteiger partial charge >= 0.3 is 0 Å². The molecule has 2 rings (SSSR count). The monoisotopic (exact) mass is 319 g/mol. The molecule has 1 aliphatic rings. The normalized spacial score (nSPS) is 16.3. The van der Waals surface area contributed by atoms with Crippen LogP contribution in [0.25, 0.3) is 0 Å². The molecule has 0 saturated heterocycles. The van der Waals surface area contributed by atoms with Crippen molar-refractivity contribution in [2.75, 3.05) is 6.54 Å². The molecule has 0 aliphatic heterocycles. The molecule has 1 aromatic heterocycles. The molecule has 0 radical (unpaired) electrons. The van der Waals surface area contributed by atoms with Gasteiger partial charge in [-0.05, 0) is 50.0 Å². The van der Waals surface area contributed by atoms with Crippen molar-refractivity contribution in [2.45, 2.75) is 51.0 Å². The van der Waals surface area contributed by atoms with E-state index in [4.69, 9.17) is 18.0 Å². The molecule has 0 bridgehead atoms. The number of nitrogens with two attached hydrogens (primary N) is 1. The Labute approximate surface area is 137 Å². The average Bonchev–Trinajstić information content (AvgIpc) is 2.53. The third kappa shape index (κ3) is 6.39. The van der Waals surface area contributed by atoms with Crippen LogP contribution in [0.3, 0.4) is 0 Å². The number of hydrogen-bond donors (Lipinski definition) is 3. The summed E-state index contributed by atoms with van der Waals surface area (Å²) in [5.74, 6) is 0.709. The summed E-state index contributed by atoms with van der Waals surface area (Å²) in [6.45, 7) is 0.723. The van der Waals surface area contributed by atoms with Gasteiger partial charge in [0.25, 0.3) is 0 Å². The summed E-state index contributed by atoms with van der Waals surface area (Å²) in [4.78, 5) is 8.89. The summed E-state index contributed by atoms with van der Waals surface area (Å²) in [7, 11) is 0. The molecule has 0 aromatic carbocycles. The van der Waals surface area contributed by atoms with Gasteiger partial charge in [0.1, 0.15) is 0 Å². The summed E-state index contributed by atoms with van der Waals surface area (Å²) < 4.78 is 0. The molecule has 120 valence electrons. The smallest absolute Gasteiger partial charge is 0.197 e. The van der Waals surface area contributed by atoms with Crippen LogP contribution in [0.15, 0.2) is 29.4 Å². The number of aromatic nitrogens is 1. The molecule has 5 nitrogen and oxygen atoms in total. The summed E-state index contributed by atoms with van der Waals surface area (Å²) in [6.07, 6.45) is 9.95. The minimum Gasteiger partial charge on any atom is -0.376 e. The predicted octanol–water partition coefficient (Wildman–Crippen LogP) is 2.13. The number of nitrogens with one attached hydrogen (secondary N) is 2. The first-order valence-corrected chi connectivity index (χ1v) is 8.42. The summed E-state index contributed by atoms with van der Waals surface area (Å²) >= 11 is 4.93. The van der Waals surface area contributed by atoms with Gasteiger partial charge in [0.05, 0.1) is 0 Å². The van der Waals surface area contributed by atoms with Gasteiger partial charge < -0.3 is 16.4 Å². The van der Waals surface area contributed by atoms with Gasteiger partial charge in [-0.2, -0.15) is 0 Å². The topological polar surface area (TPSA) is 75.3 Å². The van der Waals surface area contributed by atoms with Crippen LogP contribution < -0.4 is 16.4 Å². The molecular weight excluding hydrogens is 294 g/mol. The number of hydrogen-bond acceptors (Lipinski definition) is 3. The maximum absolute atomic E-state index is 5.58. The molecule has 0 atom stereocenters. The van der Waals surface area contributed by atoms with E-state index in [0.717, 1.165) is 25.1 Å². The number of pyridine rings is 1. The Morgan fingerprint density at radius 1 is 1.32 bits per heavy atom. The zero-order chi connectivity index (χ0) is 15.6. The van der Waals surface area contributed by atoms with Crippen LogP contribution in [0.5, 0.6) is 0 Å². The first kappa shape index (κ1) is 16.7. The van der Waals surface area contributed by atoms with E-state index in [2.05, 4.69) is 20.6 Å². The molecule has 1 fully saturated rings. The van der Waals surface area contributed by atoms with Crippen molar-refractivity contribution in [2.24, 2.45) is 10.7 Å². The average molecular weight is 319 g/mol. The number of rotatable bonds is 5. The van der Waals surface area contributed by atoms with Crippen molar-refractivity contribution in [3.8, 4) is 0 Å². The third-order valence-corrected chi connectivity index (χ3v) is 3.88. The fraction of sp³-hybridized carbons (Fsp3) is 0.562. The second-order valence-electron chi connectivity index (χ2n) is 5.62. The number of aryl methyl sites for hydroxylation is 1. The molecule has 1 saturated carbocycles. The van der Waals surface area contributed by atoms with E-state index in [1.54, 1.807) is 0 Å². The van der Waals surface area contributed by atoms with E-state index in [-0.39, 0.29) is 5.11 Å². The van der Waals surface area contributed by atoms with Gasteiger partial charge in [0, 0.05) is 24.5 Å². The van der Waals surface area contributed by atoms with Gasteiger partial charge in [0.15, 0.2) is 11.1 Å². The van der Waals surface area contributed by atoms with Gasteiger partial charge in [-0.1, -0.05) is 25.3 Å². The number of guanidine groups is 1. The van der Waals surface area contributed by atoms with Crippen LogP contribution in [0.4, 0.5) is 0 Å². The van der Waals surface area contributed by atoms with E-state index in [1.165, 1.54) is 32.1 Å². The molecule has 0 amide bonds. The minimum absolute atomic E-state index is 0.256. The molecule has 1 aliphatic carbocycles. The lowest BCUT2D eigenvalue weighted by Crippen LogP contribution is -2.48. The van der Waals surface area contributed by atoms with Crippen LogP contribution in [-0.4, -0.2) is 28.6 Å². The highest BCUT2D eigenvalue weighted by Gasteiger charge is 2.14. The van der Waals surface area contributed by atoms with Gasteiger partial charge in [0.2, 0.25) is 0 Å². The Morgan fingerprint density at radius 3 is 2.82 bits per heavy atom. The third-order valence-electron chi connectivity index (χ3n) is 3.77. The Hall–Kier alpha value is -1.69. The SMILES string of the molecule is NC(=S)NC(=NCCCc1ccccn1)NC1CCCCC1. The minimum atomic E-state index is 0.256. The molecule has 0 spiro atoms. The van der Waals surface area contributed by atoms with Crippen LogP contribution >= 0.6 is 12.2 Å². The maximum atomic E-state index is 5.58. The Bertz CT molecular complexity index is 483. The van der Waals surface area contributed by atoms with Gasteiger partial charge in [-0.25, -0.2) is 0 Å². The molecular formula is C16H25N5S. The van der Waals surface area contributed by atoms with Crippen molar-refractivity contribution in [3.05, 3.63) is 30.1 Å². The van der Waals surface area contributed by atoms with Crippen molar-refractivity contribution >= 4 is 23.3 Å². The first-order valence-electron chi connectivity index (χ1n) is 8.01. The highest BCUT2D eigenvalue weighted by Crippen LogP contribution is 2.17. The molecule has 1 aromatic rings. The van der Waals surface area contributed by atoms with Crippen LogP contribution in [0.1, 0.15) is 44.2 Å². The van der Waals surface area contributed by atoms with Crippen molar-refractivity contribution in [1.82, 2.24) is 15.6 Å². The fourth-order valence-corrected chi connectivity index (χ4v) is 2.77. The quantitative estimate of drug-likeness (QED) is 0.335. The van der Waals surface area contributed by atoms with E-state index in [1.807, 2.05) is 24.4 Å². The summed E-state index contributed by atoms with van der Waals surface area (Å²) in [5.41, 5.74) is 6.68. The summed E-state index contributed by atoms with van der Waals surface area (Å²) in [6, 6.07) is 6.46. The maximum Gasteiger partial charge on any atom is 0.197 e. The van der Waals surface area contributed by atoms with E-state index < -0.39 is 0 Å². The van der Waals surface area contributed by atoms with Crippen LogP contribution in [0.2, 0.25) is 0 Å². The highest BCUT2D eigenvalue weighted by molar-refractivity contribution is 7.80. The highest BCUT2D eigenvalue weighted by atomic mass is 32.1. The Kier molecular flexibility index (Phi) is 7.09. The molecule has 6 heteroatoms. The largest absolute Gasteiger partial charge is 0.376 e. The van der Waals surface area contributed by atoms with Crippen LogP contribution in [0, 0.1) is 0 Å². The summed E-state index contributed by atoms with van der Waals surface area (Å²) in [5, 5.41) is 6.66. The van der Waals surface area contributed by atoms with Crippen molar-refractivity contribution in [3.63, 3.8) is 0 Å². The van der Waals surface area contributed by atoms with E-state index in [0.29, 0.717) is 12.0 Å². The van der Waals surface area contributed by atoms with Gasteiger partial charge in [-0.3, -0.25) is 9.98 Å². The fourth-order valence-electron chi connectivity index (χ4n) is 2.68. The lowest BCUT2D eigenvalue weighted by atomic mass is 9.96. The zero-order valence-electron chi connectivity index (χ0n) is 12.9. The lowest BCUT2D eigenvalue weighted by Gasteiger charge is -2.24. The molecule has 1 heterocycles. The van der Waals surface area contributed by atoms with E-state index >= 15 is 0 Å². The zero-order valence-corrected chi connectivity index (χ0v) is 13.7. The van der Waals surface area contributed by atoms with Crippen molar-refractivity contribution in [1.29, 1.82) is 0 Å². The Morgan fingerprint density at radius 2 is 2.14 bits per heavy atom. The van der Waals surface area contributed by atoms with Crippen molar-refractivity contribution < 1.29 is 0 Å². The van der Waals surface area contributed by atoms with E-state index in [9.17, 15) is 0 Å².